The largest absolute Gasteiger partial charge is 0.481 e. The number of aliphatic hydroxyl groups is 1. The number of rotatable bonds is 18. The molecule has 14 heteroatoms. The first kappa shape index (κ1) is 28.9. The summed E-state index contributed by atoms with van der Waals surface area (Å²) >= 11 is 0. The Labute approximate surface area is 175 Å². The number of carbonyl (C=O) groups is 2. The zero-order valence-electron chi connectivity index (χ0n) is 16.8. The van der Waals surface area contributed by atoms with Gasteiger partial charge in [-0.3, -0.25) is 14.1 Å². The number of nitrogens with one attached hydrogen (secondary N) is 2. The van der Waals surface area contributed by atoms with Crippen molar-refractivity contribution < 1.29 is 47.3 Å². The van der Waals surface area contributed by atoms with Crippen LogP contribution < -0.4 is 10.6 Å². The third kappa shape index (κ3) is 20.2. The van der Waals surface area contributed by atoms with Gasteiger partial charge in [-0.15, -0.1) is 0 Å². The molecule has 0 saturated heterocycles. The number of allylic oxidation sites excluding steroid dienone is 1. The van der Waals surface area contributed by atoms with Crippen molar-refractivity contribution in [1.29, 1.82) is 0 Å². The van der Waals surface area contributed by atoms with Crippen molar-refractivity contribution in [3.8, 4) is 0 Å². The van der Waals surface area contributed by atoms with E-state index in [1.165, 1.54) is 6.08 Å². The molecule has 176 valence electrons. The molecule has 0 aromatic rings. The fourth-order valence-corrected chi connectivity index (χ4v) is 3.87. The minimum absolute atomic E-state index is 0.0835. The Morgan fingerprint density at radius 3 is 2.17 bits per heavy atom. The van der Waals surface area contributed by atoms with Gasteiger partial charge in [0.25, 0.3) is 0 Å². The minimum atomic E-state index is -5.15. The Morgan fingerprint density at radius 2 is 1.53 bits per heavy atom. The predicted octanol–water partition coefficient (Wildman–Crippen LogP) is 1.11. The molecule has 0 spiro atoms. The van der Waals surface area contributed by atoms with Crippen LogP contribution in [-0.2, 0) is 27.6 Å². The Balaban J connectivity index is 3.56. The van der Waals surface area contributed by atoms with Crippen LogP contribution in [0.15, 0.2) is 12.2 Å². The molecule has 1 unspecified atom stereocenters. The van der Waals surface area contributed by atoms with Crippen molar-refractivity contribution in [2.45, 2.75) is 51.4 Å². The maximum Gasteiger partial charge on any atom is 0.481 e. The Bertz CT molecular complexity index is 623. The molecule has 0 bridgehead atoms. The number of hydrogen-bond acceptors (Lipinski definition) is 7. The lowest BCUT2D eigenvalue weighted by Gasteiger charge is -2.12. The van der Waals surface area contributed by atoms with Gasteiger partial charge in [-0.05, 0) is 25.3 Å². The van der Waals surface area contributed by atoms with Gasteiger partial charge >= 0.3 is 15.6 Å². The van der Waals surface area contributed by atoms with Gasteiger partial charge in [0.05, 0.1) is 13.2 Å². The number of amides is 2. The van der Waals surface area contributed by atoms with E-state index in [0.29, 0.717) is 12.8 Å². The van der Waals surface area contributed by atoms with Crippen LogP contribution in [0, 0.1) is 0 Å². The Kier molecular flexibility index (Phi) is 16.0. The fourth-order valence-electron chi connectivity index (χ4n) is 2.28. The van der Waals surface area contributed by atoms with Gasteiger partial charge in [-0.25, -0.2) is 9.13 Å². The molecule has 0 aromatic heterocycles. The molecular weight excluding hydrogens is 442 g/mol. The summed E-state index contributed by atoms with van der Waals surface area (Å²) in [6.45, 7) is -0.371. The summed E-state index contributed by atoms with van der Waals surface area (Å²) < 4.78 is 29.6. The van der Waals surface area contributed by atoms with E-state index in [0.717, 1.165) is 38.5 Å². The normalized spacial score (nSPS) is 13.9. The summed E-state index contributed by atoms with van der Waals surface area (Å²) in [5.41, 5.74) is 0. The molecule has 0 aliphatic heterocycles. The fraction of sp³-hybridized carbons (Fsp3) is 0.750. The first-order valence-corrected chi connectivity index (χ1v) is 12.6. The number of phosphoric acid groups is 2. The summed E-state index contributed by atoms with van der Waals surface area (Å²) in [6, 6.07) is 0. The van der Waals surface area contributed by atoms with E-state index in [-0.39, 0.29) is 31.5 Å². The molecule has 0 fully saturated rings. The molecule has 0 rings (SSSR count). The average molecular weight is 474 g/mol. The van der Waals surface area contributed by atoms with Gasteiger partial charge in [0.15, 0.2) is 0 Å². The van der Waals surface area contributed by atoms with Gasteiger partial charge < -0.3 is 30.4 Å². The molecular formula is C16H32N2O10P2. The number of aliphatic hydroxyl groups excluding tert-OH is 1. The monoisotopic (exact) mass is 474 g/mol. The quantitative estimate of drug-likeness (QED) is 0.0952. The number of hydrogen-bond donors (Lipinski definition) is 6. The second-order valence-corrected chi connectivity index (χ2v) is 9.13. The molecule has 1 atom stereocenters. The molecule has 2 amide bonds. The lowest BCUT2D eigenvalue weighted by molar-refractivity contribution is -0.121. The van der Waals surface area contributed by atoms with Crippen LogP contribution >= 0.6 is 15.6 Å². The van der Waals surface area contributed by atoms with Gasteiger partial charge in [-0.2, -0.15) is 4.31 Å². The average Bonchev–Trinajstić information content (AvgIpc) is 2.63. The van der Waals surface area contributed by atoms with E-state index in [2.05, 4.69) is 19.5 Å². The van der Waals surface area contributed by atoms with Gasteiger partial charge in [0.1, 0.15) is 0 Å². The van der Waals surface area contributed by atoms with Crippen LogP contribution in [0.2, 0.25) is 0 Å². The van der Waals surface area contributed by atoms with Crippen LogP contribution in [0.25, 0.3) is 0 Å². The second kappa shape index (κ2) is 16.6. The minimum Gasteiger partial charge on any atom is -0.395 e. The van der Waals surface area contributed by atoms with E-state index in [1.807, 2.05) is 0 Å². The van der Waals surface area contributed by atoms with E-state index < -0.39 is 22.3 Å². The van der Waals surface area contributed by atoms with Crippen molar-refractivity contribution in [2.24, 2.45) is 0 Å². The first-order valence-electron chi connectivity index (χ1n) is 9.62. The molecule has 0 saturated carbocycles. The molecule has 6 N–H and O–H groups in total. The highest BCUT2D eigenvalue weighted by Crippen LogP contribution is 2.57. The number of carbonyl (C=O) groups excluding carboxylic acids is 2. The Hall–Kier alpha value is -1.10. The smallest absolute Gasteiger partial charge is 0.395 e. The highest BCUT2D eigenvalue weighted by Gasteiger charge is 2.32. The summed E-state index contributed by atoms with van der Waals surface area (Å²) in [4.78, 5) is 48.8. The molecule has 0 radical (unpaired) electrons. The SMILES string of the molecule is O=C(C=CCCCCCCCCC(=O)NCCOP(=O)(O)OP(=O)(O)O)NCCO. The van der Waals surface area contributed by atoms with Crippen LogP contribution in [0.5, 0.6) is 0 Å². The molecule has 0 aliphatic carbocycles. The second-order valence-electron chi connectivity index (χ2n) is 6.30. The highest BCUT2D eigenvalue weighted by atomic mass is 31.3. The standard InChI is InChI=1S/C16H32N2O10P2/c19-13-11-17-15(20)9-7-5-3-1-2-4-6-8-10-16(21)18-12-14-27-30(25,26)28-29(22,23)24/h7,9,19H,1-6,8,10-14H2,(H,17,20)(H,18,21)(H,25,26)(H2,22,23,24). The van der Waals surface area contributed by atoms with Gasteiger partial charge in [0.2, 0.25) is 11.8 Å². The third-order valence-electron chi connectivity index (χ3n) is 3.59. The van der Waals surface area contributed by atoms with Gasteiger partial charge in [0, 0.05) is 19.5 Å². The van der Waals surface area contributed by atoms with Crippen LogP contribution in [0.3, 0.4) is 0 Å². The zero-order valence-corrected chi connectivity index (χ0v) is 18.6. The maximum atomic E-state index is 11.6. The van der Waals surface area contributed by atoms with E-state index >= 15 is 0 Å². The van der Waals surface area contributed by atoms with Crippen molar-refractivity contribution in [2.75, 3.05) is 26.3 Å². The lowest BCUT2D eigenvalue weighted by Crippen LogP contribution is -2.26. The first-order chi connectivity index (χ1) is 14.1. The van der Waals surface area contributed by atoms with Crippen LogP contribution in [-0.4, -0.2) is 57.9 Å². The van der Waals surface area contributed by atoms with Gasteiger partial charge in [-0.1, -0.05) is 31.8 Å². The molecule has 30 heavy (non-hydrogen) atoms. The van der Waals surface area contributed by atoms with Crippen molar-refractivity contribution in [1.82, 2.24) is 10.6 Å². The summed E-state index contributed by atoms with van der Waals surface area (Å²) in [5.74, 6) is -0.472. The number of phosphoric ester groups is 1. The van der Waals surface area contributed by atoms with Crippen molar-refractivity contribution >= 4 is 27.5 Å². The lowest BCUT2D eigenvalue weighted by atomic mass is 10.1. The van der Waals surface area contributed by atoms with Crippen LogP contribution in [0.4, 0.5) is 0 Å². The molecule has 0 heterocycles. The predicted molar refractivity (Wildman–Crippen MR) is 108 cm³/mol. The van der Waals surface area contributed by atoms with Crippen LogP contribution in [0.1, 0.15) is 51.4 Å². The summed E-state index contributed by atoms with van der Waals surface area (Å²) in [7, 11) is -10.0. The topological polar surface area (TPSA) is 192 Å². The highest BCUT2D eigenvalue weighted by molar-refractivity contribution is 7.60. The molecule has 0 aromatic carbocycles. The Morgan fingerprint density at radius 1 is 0.900 bits per heavy atom. The van der Waals surface area contributed by atoms with E-state index in [9.17, 15) is 18.7 Å². The van der Waals surface area contributed by atoms with E-state index in [1.54, 1.807) is 6.08 Å². The molecule has 12 nitrogen and oxygen atoms in total. The van der Waals surface area contributed by atoms with E-state index in [4.69, 9.17) is 19.8 Å². The van der Waals surface area contributed by atoms with Crippen molar-refractivity contribution in [3.05, 3.63) is 12.2 Å². The third-order valence-corrected chi connectivity index (χ3v) is 5.78. The number of unbranched alkanes of at least 4 members (excludes halogenated alkanes) is 6. The maximum absolute atomic E-state index is 11.6. The summed E-state index contributed by atoms with van der Waals surface area (Å²) in [5, 5.41) is 13.6. The molecule has 0 aliphatic rings. The zero-order chi connectivity index (χ0) is 22.9. The summed E-state index contributed by atoms with van der Waals surface area (Å²) in [6.07, 6.45) is 9.91. The van der Waals surface area contributed by atoms with Crippen molar-refractivity contribution in [3.63, 3.8) is 0 Å².